The molecule has 0 aliphatic rings. The fraction of sp³-hybridized carbons (Fsp3) is 0.400. The lowest BCUT2D eigenvalue weighted by Gasteiger charge is -2.01. The fourth-order valence-electron chi connectivity index (χ4n) is 1.01. The van der Waals surface area contributed by atoms with Crippen molar-refractivity contribution in [2.24, 2.45) is 0 Å². The molecule has 2 heteroatoms. The number of aliphatic hydroxyl groups is 1. The molecule has 1 heterocycles. The number of allylic oxidation sites excluding steroid dienone is 1. The summed E-state index contributed by atoms with van der Waals surface area (Å²) in [5, 5.41) is 9.53. The Bertz CT molecular complexity index is 280. The van der Waals surface area contributed by atoms with Crippen molar-refractivity contribution < 1.29 is 9.52 Å². The van der Waals surface area contributed by atoms with E-state index in [1.54, 1.807) is 12.1 Å². The van der Waals surface area contributed by atoms with Gasteiger partial charge in [-0.1, -0.05) is 5.57 Å². The van der Waals surface area contributed by atoms with Gasteiger partial charge in [0, 0.05) is 0 Å². The average molecular weight is 166 g/mol. The van der Waals surface area contributed by atoms with E-state index in [-0.39, 0.29) is 0 Å². The molecule has 2 nitrogen and oxygen atoms in total. The molecule has 1 aromatic rings. The highest BCUT2D eigenvalue weighted by Crippen LogP contribution is 2.18. The monoisotopic (exact) mass is 166 g/mol. The SMILES string of the molecule is CC(C)=CC(O)c1ccc(C)o1. The van der Waals surface area contributed by atoms with Gasteiger partial charge in [-0.15, -0.1) is 0 Å². The summed E-state index contributed by atoms with van der Waals surface area (Å²) in [6, 6.07) is 3.64. The van der Waals surface area contributed by atoms with Crippen molar-refractivity contribution in [3.63, 3.8) is 0 Å². The first-order valence-electron chi connectivity index (χ1n) is 3.99. The first-order chi connectivity index (χ1) is 5.59. The van der Waals surface area contributed by atoms with Gasteiger partial charge in [0.05, 0.1) is 0 Å². The lowest BCUT2D eigenvalue weighted by Crippen LogP contribution is -1.90. The van der Waals surface area contributed by atoms with Crippen molar-refractivity contribution in [3.05, 3.63) is 35.3 Å². The molecule has 0 amide bonds. The Kier molecular flexibility index (Phi) is 2.71. The van der Waals surface area contributed by atoms with E-state index in [1.165, 1.54) is 0 Å². The van der Waals surface area contributed by atoms with Crippen LogP contribution >= 0.6 is 0 Å². The summed E-state index contributed by atoms with van der Waals surface area (Å²) in [7, 11) is 0. The van der Waals surface area contributed by atoms with Crippen molar-refractivity contribution in [2.45, 2.75) is 26.9 Å². The van der Waals surface area contributed by atoms with Gasteiger partial charge in [-0.25, -0.2) is 0 Å². The molecule has 1 unspecified atom stereocenters. The molecule has 0 aliphatic heterocycles. The molecular formula is C10H14O2. The Labute approximate surface area is 72.5 Å². The maximum atomic E-state index is 9.53. The zero-order valence-corrected chi connectivity index (χ0v) is 7.66. The predicted molar refractivity (Wildman–Crippen MR) is 47.8 cm³/mol. The second kappa shape index (κ2) is 3.59. The van der Waals surface area contributed by atoms with Crippen LogP contribution in [-0.2, 0) is 0 Å². The highest BCUT2D eigenvalue weighted by Gasteiger charge is 2.07. The van der Waals surface area contributed by atoms with Crippen LogP contribution in [0.25, 0.3) is 0 Å². The molecule has 0 radical (unpaired) electrons. The van der Waals surface area contributed by atoms with Crippen LogP contribution in [0.3, 0.4) is 0 Å². The summed E-state index contributed by atoms with van der Waals surface area (Å²) in [5.41, 5.74) is 1.08. The van der Waals surface area contributed by atoms with E-state index in [0.717, 1.165) is 11.3 Å². The third kappa shape index (κ3) is 2.24. The van der Waals surface area contributed by atoms with Gasteiger partial charge in [0.15, 0.2) is 0 Å². The molecule has 1 aromatic heterocycles. The Balaban J connectivity index is 2.78. The largest absolute Gasteiger partial charge is 0.463 e. The summed E-state index contributed by atoms with van der Waals surface area (Å²) in [4.78, 5) is 0. The quantitative estimate of drug-likeness (QED) is 0.685. The Morgan fingerprint density at radius 2 is 2.17 bits per heavy atom. The topological polar surface area (TPSA) is 33.4 Å². The molecule has 1 atom stereocenters. The summed E-state index contributed by atoms with van der Waals surface area (Å²) in [5.74, 6) is 1.43. The third-order valence-electron chi connectivity index (χ3n) is 1.54. The molecule has 0 aromatic carbocycles. The van der Waals surface area contributed by atoms with Gasteiger partial charge in [-0.3, -0.25) is 0 Å². The number of rotatable bonds is 2. The Morgan fingerprint density at radius 3 is 2.58 bits per heavy atom. The van der Waals surface area contributed by atoms with E-state index in [9.17, 15) is 5.11 Å². The van der Waals surface area contributed by atoms with Gasteiger partial charge in [-0.05, 0) is 39.0 Å². The van der Waals surface area contributed by atoms with Crippen molar-refractivity contribution >= 4 is 0 Å². The minimum atomic E-state index is -0.608. The smallest absolute Gasteiger partial charge is 0.136 e. The number of hydrogen-bond acceptors (Lipinski definition) is 2. The van der Waals surface area contributed by atoms with Crippen LogP contribution in [-0.4, -0.2) is 5.11 Å². The molecule has 12 heavy (non-hydrogen) atoms. The highest BCUT2D eigenvalue weighted by molar-refractivity contribution is 5.14. The maximum Gasteiger partial charge on any atom is 0.136 e. The summed E-state index contributed by atoms with van der Waals surface area (Å²) < 4.78 is 5.25. The standard InChI is InChI=1S/C10H14O2/c1-7(2)6-9(11)10-5-4-8(3)12-10/h4-6,9,11H,1-3H3. The molecule has 0 bridgehead atoms. The number of aliphatic hydroxyl groups excluding tert-OH is 1. The van der Waals surface area contributed by atoms with E-state index < -0.39 is 6.10 Å². The second-order valence-electron chi connectivity index (χ2n) is 3.14. The summed E-state index contributed by atoms with van der Waals surface area (Å²) in [6.45, 7) is 5.75. The molecule has 0 fully saturated rings. The van der Waals surface area contributed by atoms with Crippen molar-refractivity contribution in [2.75, 3.05) is 0 Å². The van der Waals surface area contributed by atoms with Gasteiger partial charge < -0.3 is 9.52 Å². The number of furan rings is 1. The van der Waals surface area contributed by atoms with Crippen molar-refractivity contribution in [1.29, 1.82) is 0 Å². The molecule has 0 spiro atoms. The van der Waals surface area contributed by atoms with Gasteiger partial charge in [-0.2, -0.15) is 0 Å². The highest BCUT2D eigenvalue weighted by atomic mass is 16.4. The Morgan fingerprint density at radius 1 is 1.50 bits per heavy atom. The third-order valence-corrected chi connectivity index (χ3v) is 1.54. The normalized spacial score (nSPS) is 12.7. The lowest BCUT2D eigenvalue weighted by molar-refractivity contribution is 0.194. The predicted octanol–water partition coefficient (Wildman–Crippen LogP) is 2.59. The zero-order chi connectivity index (χ0) is 9.14. The van der Waals surface area contributed by atoms with Gasteiger partial charge >= 0.3 is 0 Å². The lowest BCUT2D eigenvalue weighted by atomic mass is 10.2. The van der Waals surface area contributed by atoms with E-state index >= 15 is 0 Å². The van der Waals surface area contributed by atoms with Crippen LogP contribution in [0, 0.1) is 6.92 Å². The molecule has 1 N–H and O–H groups in total. The molecular weight excluding hydrogens is 152 g/mol. The van der Waals surface area contributed by atoms with Gasteiger partial charge in [0.1, 0.15) is 17.6 Å². The van der Waals surface area contributed by atoms with Crippen LogP contribution < -0.4 is 0 Å². The second-order valence-corrected chi connectivity index (χ2v) is 3.14. The number of hydrogen-bond donors (Lipinski definition) is 1. The summed E-state index contributed by atoms with van der Waals surface area (Å²) >= 11 is 0. The Hall–Kier alpha value is -1.02. The number of aryl methyl sites for hydroxylation is 1. The molecule has 0 saturated carbocycles. The van der Waals surface area contributed by atoms with Crippen LogP contribution in [0.4, 0.5) is 0 Å². The van der Waals surface area contributed by atoms with E-state index in [0.29, 0.717) is 5.76 Å². The van der Waals surface area contributed by atoms with Gasteiger partial charge in [0.25, 0.3) is 0 Å². The summed E-state index contributed by atoms with van der Waals surface area (Å²) in [6.07, 6.45) is 1.15. The molecule has 1 rings (SSSR count). The average Bonchev–Trinajstić information content (AvgIpc) is 2.34. The van der Waals surface area contributed by atoms with E-state index in [1.807, 2.05) is 26.8 Å². The van der Waals surface area contributed by atoms with Crippen LogP contribution in [0.1, 0.15) is 31.5 Å². The minimum absolute atomic E-state index is 0.605. The van der Waals surface area contributed by atoms with E-state index in [2.05, 4.69) is 0 Å². The van der Waals surface area contributed by atoms with Crippen LogP contribution in [0.15, 0.2) is 28.2 Å². The van der Waals surface area contributed by atoms with Crippen LogP contribution in [0.5, 0.6) is 0 Å². The van der Waals surface area contributed by atoms with Gasteiger partial charge in [0.2, 0.25) is 0 Å². The fourth-order valence-corrected chi connectivity index (χ4v) is 1.01. The first kappa shape index (κ1) is 9.07. The van der Waals surface area contributed by atoms with Crippen molar-refractivity contribution in [3.8, 4) is 0 Å². The molecule has 0 aliphatic carbocycles. The zero-order valence-electron chi connectivity index (χ0n) is 7.66. The van der Waals surface area contributed by atoms with Crippen molar-refractivity contribution in [1.82, 2.24) is 0 Å². The molecule has 66 valence electrons. The minimum Gasteiger partial charge on any atom is -0.463 e. The molecule has 0 saturated heterocycles. The maximum absolute atomic E-state index is 9.53. The van der Waals surface area contributed by atoms with Crippen LogP contribution in [0.2, 0.25) is 0 Å². The first-order valence-corrected chi connectivity index (χ1v) is 3.99. The van der Waals surface area contributed by atoms with E-state index in [4.69, 9.17) is 4.42 Å².